The van der Waals surface area contributed by atoms with Gasteiger partial charge in [0, 0.05) is 19.5 Å². The number of hydrogen-bond acceptors (Lipinski definition) is 4. The summed E-state index contributed by atoms with van der Waals surface area (Å²) in [6.45, 7) is 5.81. The van der Waals surface area contributed by atoms with E-state index in [1.54, 1.807) is 7.11 Å². The average molecular weight is 294 g/mol. The summed E-state index contributed by atoms with van der Waals surface area (Å²) in [5, 5.41) is 2.81. The van der Waals surface area contributed by atoms with Crippen LogP contribution in [0.1, 0.15) is 32.3 Å². The Bertz CT molecular complexity index is 447. The molecular formula is C16H26N2O3. The Morgan fingerprint density at radius 3 is 2.71 bits per heavy atom. The largest absolute Gasteiger partial charge is 0.493 e. The zero-order valence-corrected chi connectivity index (χ0v) is 13.1. The van der Waals surface area contributed by atoms with Crippen molar-refractivity contribution in [3.05, 3.63) is 23.8 Å². The number of carbonyl (C=O) groups excluding carboxylic acids is 1. The van der Waals surface area contributed by atoms with Gasteiger partial charge in [0.05, 0.1) is 13.7 Å². The van der Waals surface area contributed by atoms with Crippen LogP contribution in [0.3, 0.4) is 0 Å². The number of carbonyl (C=O) groups is 1. The molecule has 0 saturated heterocycles. The molecule has 0 aliphatic carbocycles. The summed E-state index contributed by atoms with van der Waals surface area (Å²) in [7, 11) is 1.61. The van der Waals surface area contributed by atoms with Crippen LogP contribution in [0.4, 0.5) is 0 Å². The first-order valence-corrected chi connectivity index (χ1v) is 7.33. The molecule has 0 atom stereocenters. The molecule has 0 aliphatic heterocycles. The van der Waals surface area contributed by atoms with Crippen molar-refractivity contribution in [1.82, 2.24) is 5.32 Å². The predicted octanol–water partition coefficient (Wildman–Crippen LogP) is 2.09. The van der Waals surface area contributed by atoms with E-state index in [9.17, 15) is 4.79 Å². The van der Waals surface area contributed by atoms with Gasteiger partial charge in [-0.15, -0.1) is 0 Å². The maximum Gasteiger partial charge on any atom is 0.221 e. The highest BCUT2D eigenvalue weighted by atomic mass is 16.5. The second-order valence-electron chi connectivity index (χ2n) is 5.33. The van der Waals surface area contributed by atoms with Gasteiger partial charge in [-0.25, -0.2) is 0 Å². The molecule has 1 aromatic carbocycles. The Balaban J connectivity index is 2.59. The van der Waals surface area contributed by atoms with E-state index < -0.39 is 0 Å². The van der Waals surface area contributed by atoms with Gasteiger partial charge in [-0.3, -0.25) is 4.79 Å². The molecule has 1 amide bonds. The molecule has 0 spiro atoms. The lowest BCUT2D eigenvalue weighted by molar-refractivity contribution is -0.121. The molecule has 0 aliphatic rings. The first-order valence-electron chi connectivity index (χ1n) is 7.33. The summed E-state index contributed by atoms with van der Waals surface area (Å²) in [5.74, 6) is 1.97. The summed E-state index contributed by atoms with van der Waals surface area (Å²) in [6, 6.07) is 5.69. The molecule has 5 nitrogen and oxygen atoms in total. The van der Waals surface area contributed by atoms with Crippen LogP contribution >= 0.6 is 0 Å². The van der Waals surface area contributed by atoms with Crippen LogP contribution < -0.4 is 20.5 Å². The monoisotopic (exact) mass is 294 g/mol. The molecule has 1 rings (SSSR count). The Hall–Kier alpha value is -1.75. The van der Waals surface area contributed by atoms with Crippen molar-refractivity contribution in [2.75, 3.05) is 20.3 Å². The van der Waals surface area contributed by atoms with E-state index in [1.165, 1.54) is 0 Å². The number of methoxy groups -OCH3 is 1. The molecule has 0 unspecified atom stereocenters. The standard InChI is InChI=1S/C16H26N2O3/c1-12(2)7-9-21-14-5-4-13(10-15(14)20-3)11-18-16(19)6-8-17/h4-5,10,12H,6-9,11,17H2,1-3H3,(H,18,19). The van der Waals surface area contributed by atoms with Crippen molar-refractivity contribution in [2.24, 2.45) is 11.7 Å². The highest BCUT2D eigenvalue weighted by molar-refractivity contribution is 5.76. The van der Waals surface area contributed by atoms with Crippen LogP contribution in [0.2, 0.25) is 0 Å². The zero-order valence-electron chi connectivity index (χ0n) is 13.1. The molecule has 0 bridgehead atoms. The van der Waals surface area contributed by atoms with Crippen molar-refractivity contribution >= 4 is 5.91 Å². The minimum Gasteiger partial charge on any atom is -0.493 e. The van der Waals surface area contributed by atoms with Crippen molar-refractivity contribution in [3.63, 3.8) is 0 Å². The van der Waals surface area contributed by atoms with Crippen LogP contribution in [0.5, 0.6) is 11.5 Å². The average Bonchev–Trinajstić information content (AvgIpc) is 2.46. The number of ether oxygens (including phenoxy) is 2. The SMILES string of the molecule is COc1cc(CNC(=O)CCN)ccc1OCCC(C)C. The van der Waals surface area contributed by atoms with E-state index in [2.05, 4.69) is 19.2 Å². The predicted molar refractivity (Wildman–Crippen MR) is 83.5 cm³/mol. The third-order valence-corrected chi connectivity index (χ3v) is 3.04. The summed E-state index contributed by atoms with van der Waals surface area (Å²) in [4.78, 5) is 11.4. The zero-order chi connectivity index (χ0) is 15.7. The summed E-state index contributed by atoms with van der Waals surface area (Å²) >= 11 is 0. The summed E-state index contributed by atoms with van der Waals surface area (Å²) in [6.07, 6.45) is 1.34. The fraction of sp³-hybridized carbons (Fsp3) is 0.562. The van der Waals surface area contributed by atoms with Crippen molar-refractivity contribution < 1.29 is 14.3 Å². The third-order valence-electron chi connectivity index (χ3n) is 3.04. The Kier molecular flexibility index (Phi) is 7.61. The highest BCUT2D eigenvalue weighted by Crippen LogP contribution is 2.28. The molecule has 21 heavy (non-hydrogen) atoms. The second kappa shape index (κ2) is 9.23. The van der Waals surface area contributed by atoms with Gasteiger partial charge < -0.3 is 20.5 Å². The van der Waals surface area contributed by atoms with Gasteiger partial charge in [0.15, 0.2) is 11.5 Å². The lowest BCUT2D eigenvalue weighted by Gasteiger charge is -2.13. The van der Waals surface area contributed by atoms with Gasteiger partial charge >= 0.3 is 0 Å². The topological polar surface area (TPSA) is 73.6 Å². The molecule has 118 valence electrons. The number of nitrogens with one attached hydrogen (secondary N) is 1. The molecular weight excluding hydrogens is 268 g/mol. The summed E-state index contributed by atoms with van der Waals surface area (Å²) in [5.41, 5.74) is 6.30. The van der Waals surface area contributed by atoms with Gasteiger partial charge in [0.25, 0.3) is 0 Å². The quantitative estimate of drug-likeness (QED) is 0.731. The molecule has 1 aromatic rings. The van der Waals surface area contributed by atoms with Gasteiger partial charge in [0.1, 0.15) is 0 Å². The number of hydrogen-bond donors (Lipinski definition) is 2. The van der Waals surface area contributed by atoms with Crippen LogP contribution in [0, 0.1) is 5.92 Å². The number of benzene rings is 1. The highest BCUT2D eigenvalue weighted by Gasteiger charge is 2.07. The molecule has 0 radical (unpaired) electrons. The molecule has 5 heteroatoms. The fourth-order valence-corrected chi connectivity index (χ4v) is 1.77. The number of nitrogens with two attached hydrogens (primary N) is 1. The smallest absolute Gasteiger partial charge is 0.221 e. The van der Waals surface area contributed by atoms with Crippen LogP contribution in [-0.2, 0) is 11.3 Å². The van der Waals surface area contributed by atoms with Gasteiger partial charge in [-0.05, 0) is 30.0 Å². The van der Waals surface area contributed by atoms with Crippen LogP contribution in [0.25, 0.3) is 0 Å². The van der Waals surface area contributed by atoms with E-state index in [0.717, 1.165) is 17.7 Å². The van der Waals surface area contributed by atoms with Crippen molar-refractivity contribution in [3.8, 4) is 11.5 Å². The van der Waals surface area contributed by atoms with E-state index in [-0.39, 0.29) is 5.91 Å². The summed E-state index contributed by atoms with van der Waals surface area (Å²) < 4.78 is 11.1. The van der Waals surface area contributed by atoms with Crippen molar-refractivity contribution in [1.29, 1.82) is 0 Å². The van der Waals surface area contributed by atoms with Crippen LogP contribution in [-0.4, -0.2) is 26.2 Å². The molecule has 0 heterocycles. The molecule has 0 fully saturated rings. The van der Waals surface area contributed by atoms with E-state index in [0.29, 0.717) is 37.8 Å². The third kappa shape index (κ3) is 6.49. The Labute approximate surface area is 126 Å². The van der Waals surface area contributed by atoms with E-state index in [4.69, 9.17) is 15.2 Å². The normalized spacial score (nSPS) is 10.5. The number of amides is 1. The van der Waals surface area contributed by atoms with Gasteiger partial charge in [-0.2, -0.15) is 0 Å². The Morgan fingerprint density at radius 1 is 1.33 bits per heavy atom. The lowest BCUT2D eigenvalue weighted by atomic mass is 10.1. The van der Waals surface area contributed by atoms with Crippen LogP contribution in [0.15, 0.2) is 18.2 Å². The molecule has 0 saturated carbocycles. The van der Waals surface area contributed by atoms with Gasteiger partial charge in [-0.1, -0.05) is 19.9 Å². The lowest BCUT2D eigenvalue weighted by Crippen LogP contribution is -2.24. The number of rotatable bonds is 9. The first-order chi connectivity index (χ1) is 10.1. The van der Waals surface area contributed by atoms with Gasteiger partial charge in [0.2, 0.25) is 5.91 Å². The molecule has 0 aromatic heterocycles. The first kappa shape index (κ1) is 17.3. The maximum atomic E-state index is 11.4. The minimum atomic E-state index is -0.0475. The Morgan fingerprint density at radius 2 is 2.10 bits per heavy atom. The maximum absolute atomic E-state index is 11.4. The second-order valence-corrected chi connectivity index (χ2v) is 5.33. The fourth-order valence-electron chi connectivity index (χ4n) is 1.77. The van der Waals surface area contributed by atoms with E-state index in [1.807, 2.05) is 18.2 Å². The molecule has 3 N–H and O–H groups in total. The van der Waals surface area contributed by atoms with Crippen molar-refractivity contribution in [2.45, 2.75) is 33.2 Å². The minimum absolute atomic E-state index is 0.0475. The van der Waals surface area contributed by atoms with E-state index >= 15 is 0 Å².